The molecule has 0 spiro atoms. The van der Waals surface area contributed by atoms with E-state index in [2.05, 4.69) is 29.1 Å². The van der Waals surface area contributed by atoms with Gasteiger partial charge in [0, 0.05) is 25.2 Å². The predicted octanol–water partition coefficient (Wildman–Crippen LogP) is 2.32. The second-order valence-corrected chi connectivity index (χ2v) is 6.20. The first-order chi connectivity index (χ1) is 11.1. The van der Waals surface area contributed by atoms with Crippen molar-refractivity contribution in [1.82, 2.24) is 24.8 Å². The van der Waals surface area contributed by atoms with E-state index in [1.54, 1.807) is 0 Å². The zero-order valence-corrected chi connectivity index (χ0v) is 13.9. The Morgan fingerprint density at radius 1 is 1.48 bits per heavy atom. The van der Waals surface area contributed by atoms with Gasteiger partial charge in [-0.05, 0) is 32.8 Å². The SMILES string of the molecule is CCc1nc(C2CCCN2C(=O)Cc2ccn(C(C)C)n2)no1. The minimum atomic E-state index is -0.0706. The molecular formula is C16H23N5O2. The fraction of sp³-hybridized carbons (Fsp3) is 0.625. The van der Waals surface area contributed by atoms with Gasteiger partial charge in [0.25, 0.3) is 0 Å². The van der Waals surface area contributed by atoms with Gasteiger partial charge in [-0.25, -0.2) is 0 Å². The van der Waals surface area contributed by atoms with Crippen LogP contribution in [-0.4, -0.2) is 37.3 Å². The van der Waals surface area contributed by atoms with Crippen molar-refractivity contribution in [2.45, 2.75) is 58.5 Å². The summed E-state index contributed by atoms with van der Waals surface area (Å²) in [6.45, 7) is 6.84. The molecule has 1 aliphatic rings. The number of carbonyl (C=O) groups excluding carboxylic acids is 1. The van der Waals surface area contributed by atoms with Gasteiger partial charge in [-0.2, -0.15) is 10.1 Å². The Balaban J connectivity index is 1.70. The van der Waals surface area contributed by atoms with Crippen LogP contribution in [0.4, 0.5) is 0 Å². The first-order valence-electron chi connectivity index (χ1n) is 8.24. The highest BCUT2D eigenvalue weighted by molar-refractivity contribution is 5.79. The molecule has 1 atom stereocenters. The molecule has 2 aromatic rings. The predicted molar refractivity (Wildman–Crippen MR) is 83.7 cm³/mol. The molecule has 0 radical (unpaired) electrons. The van der Waals surface area contributed by atoms with Gasteiger partial charge < -0.3 is 9.42 Å². The van der Waals surface area contributed by atoms with Crippen molar-refractivity contribution in [1.29, 1.82) is 0 Å². The monoisotopic (exact) mass is 317 g/mol. The molecule has 1 amide bonds. The molecule has 1 unspecified atom stereocenters. The second-order valence-electron chi connectivity index (χ2n) is 6.20. The Morgan fingerprint density at radius 2 is 2.30 bits per heavy atom. The Kier molecular flexibility index (Phi) is 4.45. The number of aryl methyl sites for hydroxylation is 1. The lowest BCUT2D eigenvalue weighted by Crippen LogP contribution is -2.32. The lowest BCUT2D eigenvalue weighted by atomic mass is 10.2. The van der Waals surface area contributed by atoms with E-state index in [-0.39, 0.29) is 11.9 Å². The number of hydrogen-bond donors (Lipinski definition) is 0. The summed E-state index contributed by atoms with van der Waals surface area (Å²) in [6.07, 6.45) is 4.79. The third-order valence-electron chi connectivity index (χ3n) is 4.18. The number of amides is 1. The molecule has 2 aromatic heterocycles. The third-order valence-corrected chi connectivity index (χ3v) is 4.18. The Labute approximate surface area is 135 Å². The van der Waals surface area contributed by atoms with Crippen LogP contribution in [0.2, 0.25) is 0 Å². The van der Waals surface area contributed by atoms with E-state index in [1.165, 1.54) is 0 Å². The highest BCUT2D eigenvalue weighted by Gasteiger charge is 2.33. The zero-order chi connectivity index (χ0) is 16.4. The molecule has 0 aliphatic carbocycles. The third kappa shape index (κ3) is 3.28. The minimum absolute atomic E-state index is 0.0706. The standard InChI is InChI=1S/C16H23N5O2/c1-4-14-17-16(19-23-14)13-6-5-8-20(13)15(22)10-12-7-9-21(18-12)11(2)3/h7,9,11,13H,4-6,8,10H2,1-3H3. The van der Waals surface area contributed by atoms with Crippen LogP contribution in [0.1, 0.15) is 63.1 Å². The van der Waals surface area contributed by atoms with Gasteiger partial charge in [0.15, 0.2) is 5.82 Å². The Bertz CT molecular complexity index is 676. The van der Waals surface area contributed by atoms with Crippen LogP contribution in [0.5, 0.6) is 0 Å². The van der Waals surface area contributed by atoms with Crippen molar-refractivity contribution in [3.05, 3.63) is 29.7 Å². The molecule has 0 saturated carbocycles. The van der Waals surface area contributed by atoms with E-state index in [9.17, 15) is 4.79 Å². The second kappa shape index (κ2) is 6.52. The highest BCUT2D eigenvalue weighted by Crippen LogP contribution is 2.30. The molecule has 7 heteroatoms. The Hall–Kier alpha value is -2.18. The first kappa shape index (κ1) is 15.7. The molecule has 1 saturated heterocycles. The first-order valence-corrected chi connectivity index (χ1v) is 8.24. The summed E-state index contributed by atoms with van der Waals surface area (Å²) in [7, 11) is 0. The number of rotatable bonds is 5. The van der Waals surface area contributed by atoms with Crippen molar-refractivity contribution in [3.63, 3.8) is 0 Å². The minimum Gasteiger partial charge on any atom is -0.339 e. The van der Waals surface area contributed by atoms with Crippen LogP contribution in [0.15, 0.2) is 16.8 Å². The normalized spacial score (nSPS) is 18.1. The van der Waals surface area contributed by atoms with Crippen LogP contribution < -0.4 is 0 Å². The van der Waals surface area contributed by atoms with Crippen molar-refractivity contribution in [2.24, 2.45) is 0 Å². The van der Waals surface area contributed by atoms with E-state index >= 15 is 0 Å². The van der Waals surface area contributed by atoms with Gasteiger partial charge in [-0.3, -0.25) is 9.48 Å². The van der Waals surface area contributed by atoms with Crippen LogP contribution in [0.25, 0.3) is 0 Å². The molecule has 23 heavy (non-hydrogen) atoms. The van der Waals surface area contributed by atoms with E-state index in [4.69, 9.17) is 4.52 Å². The summed E-state index contributed by atoms with van der Waals surface area (Å²) in [5.41, 5.74) is 0.803. The maximum atomic E-state index is 12.6. The number of carbonyl (C=O) groups is 1. The molecule has 7 nitrogen and oxygen atoms in total. The van der Waals surface area contributed by atoms with Crippen molar-refractivity contribution in [3.8, 4) is 0 Å². The number of nitrogens with zero attached hydrogens (tertiary/aromatic N) is 5. The number of hydrogen-bond acceptors (Lipinski definition) is 5. The molecular weight excluding hydrogens is 294 g/mol. The van der Waals surface area contributed by atoms with Gasteiger partial charge in [0.1, 0.15) is 0 Å². The van der Waals surface area contributed by atoms with Crippen molar-refractivity contribution >= 4 is 5.91 Å². The average Bonchev–Trinajstić information content (AvgIpc) is 3.26. The fourth-order valence-electron chi connectivity index (χ4n) is 2.90. The van der Waals surface area contributed by atoms with Crippen molar-refractivity contribution in [2.75, 3.05) is 6.54 Å². The lowest BCUT2D eigenvalue weighted by Gasteiger charge is -2.21. The summed E-state index contributed by atoms with van der Waals surface area (Å²) in [5.74, 6) is 1.32. The summed E-state index contributed by atoms with van der Waals surface area (Å²) in [5, 5.41) is 8.49. The Morgan fingerprint density at radius 3 is 2.96 bits per heavy atom. The topological polar surface area (TPSA) is 77.1 Å². The van der Waals surface area contributed by atoms with E-state index in [0.29, 0.717) is 30.6 Å². The molecule has 3 heterocycles. The van der Waals surface area contributed by atoms with E-state index in [0.717, 1.165) is 25.1 Å². The highest BCUT2D eigenvalue weighted by atomic mass is 16.5. The smallest absolute Gasteiger partial charge is 0.229 e. The summed E-state index contributed by atoms with van der Waals surface area (Å²) in [6, 6.07) is 2.14. The largest absolute Gasteiger partial charge is 0.339 e. The number of likely N-dealkylation sites (tertiary alicyclic amines) is 1. The van der Waals surface area contributed by atoms with Crippen molar-refractivity contribution < 1.29 is 9.32 Å². The van der Waals surface area contributed by atoms with Gasteiger partial charge in [-0.1, -0.05) is 12.1 Å². The molecule has 1 fully saturated rings. The zero-order valence-electron chi connectivity index (χ0n) is 13.9. The van der Waals surface area contributed by atoms with E-state index < -0.39 is 0 Å². The van der Waals surface area contributed by atoms with Gasteiger partial charge in [0.2, 0.25) is 11.8 Å². The quantitative estimate of drug-likeness (QED) is 0.845. The molecule has 0 bridgehead atoms. The molecule has 0 N–H and O–H groups in total. The fourth-order valence-corrected chi connectivity index (χ4v) is 2.90. The van der Waals surface area contributed by atoms with Crippen LogP contribution >= 0.6 is 0 Å². The molecule has 3 rings (SSSR count). The molecule has 0 aromatic carbocycles. The maximum absolute atomic E-state index is 12.6. The maximum Gasteiger partial charge on any atom is 0.229 e. The number of aromatic nitrogens is 4. The average molecular weight is 317 g/mol. The van der Waals surface area contributed by atoms with Gasteiger partial charge in [0.05, 0.1) is 18.2 Å². The summed E-state index contributed by atoms with van der Waals surface area (Å²) < 4.78 is 7.06. The van der Waals surface area contributed by atoms with Crippen LogP contribution in [0, 0.1) is 0 Å². The van der Waals surface area contributed by atoms with E-state index in [1.807, 2.05) is 28.8 Å². The van der Waals surface area contributed by atoms with Gasteiger partial charge in [-0.15, -0.1) is 0 Å². The van der Waals surface area contributed by atoms with Gasteiger partial charge >= 0.3 is 0 Å². The molecule has 124 valence electrons. The van der Waals surface area contributed by atoms with Crippen LogP contribution in [-0.2, 0) is 17.6 Å². The summed E-state index contributed by atoms with van der Waals surface area (Å²) in [4.78, 5) is 18.9. The lowest BCUT2D eigenvalue weighted by molar-refractivity contribution is -0.131. The summed E-state index contributed by atoms with van der Waals surface area (Å²) >= 11 is 0. The van der Waals surface area contributed by atoms with Crippen LogP contribution in [0.3, 0.4) is 0 Å². The molecule has 1 aliphatic heterocycles.